The fourth-order valence-electron chi connectivity index (χ4n) is 1.43. The highest BCUT2D eigenvalue weighted by molar-refractivity contribution is 5.80. The van der Waals surface area contributed by atoms with Crippen molar-refractivity contribution in [1.29, 1.82) is 5.26 Å². The molecule has 0 fully saturated rings. The van der Waals surface area contributed by atoms with E-state index >= 15 is 0 Å². The molecule has 21 heavy (non-hydrogen) atoms. The van der Waals surface area contributed by atoms with Crippen molar-refractivity contribution in [3.05, 3.63) is 48.0 Å². The lowest BCUT2D eigenvalue weighted by Crippen LogP contribution is -2.17. The third-order valence-electron chi connectivity index (χ3n) is 2.24. The van der Waals surface area contributed by atoms with Gasteiger partial charge in [-0.25, -0.2) is 0 Å². The maximum Gasteiger partial charge on any atom is 0.573 e. The van der Waals surface area contributed by atoms with E-state index in [1.54, 1.807) is 6.07 Å². The van der Waals surface area contributed by atoms with Crippen LogP contribution in [0.2, 0.25) is 0 Å². The molecule has 0 N–H and O–H groups in total. The molecule has 5 nitrogen and oxygen atoms in total. The molecule has 0 saturated heterocycles. The van der Waals surface area contributed by atoms with Crippen LogP contribution in [-0.2, 0) is 0 Å². The summed E-state index contributed by atoms with van der Waals surface area (Å²) < 4.78 is 40.0. The Hall–Kier alpha value is -2.95. The lowest BCUT2D eigenvalue weighted by atomic mass is 10.2. The maximum atomic E-state index is 12.1. The molecule has 0 radical (unpaired) electrons. The van der Waals surface area contributed by atoms with Crippen molar-refractivity contribution in [2.45, 2.75) is 6.36 Å². The Morgan fingerprint density at radius 3 is 2.71 bits per heavy atom. The van der Waals surface area contributed by atoms with E-state index in [0.717, 1.165) is 12.1 Å². The second-order valence-corrected chi connectivity index (χ2v) is 3.73. The molecule has 0 aliphatic rings. The van der Waals surface area contributed by atoms with Crippen LogP contribution < -0.4 is 4.74 Å². The average Bonchev–Trinajstić information content (AvgIpc) is 2.45. The molecular weight excluding hydrogens is 285 g/mol. The van der Waals surface area contributed by atoms with Gasteiger partial charge in [0.05, 0.1) is 29.4 Å². The van der Waals surface area contributed by atoms with Crippen LogP contribution in [0.3, 0.4) is 0 Å². The van der Waals surface area contributed by atoms with Crippen molar-refractivity contribution in [1.82, 2.24) is 9.97 Å². The van der Waals surface area contributed by atoms with Crippen molar-refractivity contribution in [3.8, 4) is 11.8 Å². The molecule has 1 heterocycles. The van der Waals surface area contributed by atoms with E-state index in [1.807, 2.05) is 0 Å². The van der Waals surface area contributed by atoms with Gasteiger partial charge in [-0.2, -0.15) is 5.26 Å². The summed E-state index contributed by atoms with van der Waals surface area (Å²) in [6, 6.07) is 5.07. The van der Waals surface area contributed by atoms with E-state index in [9.17, 15) is 13.2 Å². The van der Waals surface area contributed by atoms with Gasteiger partial charge in [-0.3, -0.25) is 15.0 Å². The number of ether oxygens (including phenoxy) is 1. The van der Waals surface area contributed by atoms with Crippen LogP contribution in [0.15, 0.2) is 41.8 Å². The molecule has 2 aromatic rings. The summed E-state index contributed by atoms with van der Waals surface area (Å²) in [5.41, 5.74) is 0.617. The largest absolute Gasteiger partial charge is 0.573 e. The number of aromatic nitrogens is 2. The van der Waals surface area contributed by atoms with Gasteiger partial charge in [0.15, 0.2) is 0 Å². The Morgan fingerprint density at radius 1 is 1.29 bits per heavy atom. The predicted molar refractivity (Wildman–Crippen MR) is 67.1 cm³/mol. The Balaban J connectivity index is 2.25. The summed E-state index contributed by atoms with van der Waals surface area (Å²) in [6.45, 7) is 0. The second kappa shape index (κ2) is 6.00. The van der Waals surface area contributed by atoms with Crippen molar-refractivity contribution < 1.29 is 17.9 Å². The van der Waals surface area contributed by atoms with Gasteiger partial charge in [0.2, 0.25) is 0 Å². The van der Waals surface area contributed by atoms with E-state index in [0.29, 0.717) is 5.69 Å². The van der Waals surface area contributed by atoms with E-state index in [2.05, 4.69) is 19.7 Å². The smallest absolute Gasteiger partial charge is 0.406 e. The second-order valence-electron chi connectivity index (χ2n) is 3.73. The molecule has 106 valence electrons. The highest BCUT2D eigenvalue weighted by Gasteiger charge is 2.31. The van der Waals surface area contributed by atoms with Gasteiger partial charge >= 0.3 is 6.36 Å². The Bertz CT molecular complexity index is 693. The molecule has 1 aromatic carbocycles. The van der Waals surface area contributed by atoms with Gasteiger partial charge in [0, 0.05) is 18.5 Å². The molecule has 0 aliphatic carbocycles. The van der Waals surface area contributed by atoms with Crippen LogP contribution in [0.25, 0.3) is 0 Å². The molecule has 0 spiro atoms. The fraction of sp³-hybridized carbons (Fsp3) is 0.0769. The van der Waals surface area contributed by atoms with E-state index in [4.69, 9.17) is 5.26 Å². The van der Waals surface area contributed by atoms with Gasteiger partial charge in [0.1, 0.15) is 11.8 Å². The number of alkyl halides is 3. The number of hydrogen-bond donors (Lipinski definition) is 0. The third kappa shape index (κ3) is 4.28. The van der Waals surface area contributed by atoms with Gasteiger partial charge < -0.3 is 4.74 Å². The molecule has 2 rings (SSSR count). The molecule has 0 unspecified atom stereocenters. The highest BCUT2D eigenvalue weighted by Crippen LogP contribution is 2.28. The lowest BCUT2D eigenvalue weighted by molar-refractivity contribution is -0.274. The van der Waals surface area contributed by atoms with E-state index < -0.39 is 12.1 Å². The number of hydrogen-bond acceptors (Lipinski definition) is 5. The zero-order valence-corrected chi connectivity index (χ0v) is 10.4. The molecule has 0 amide bonds. The van der Waals surface area contributed by atoms with Crippen molar-refractivity contribution >= 4 is 11.9 Å². The third-order valence-corrected chi connectivity index (χ3v) is 2.24. The van der Waals surface area contributed by atoms with Crippen LogP contribution in [0.4, 0.5) is 18.9 Å². The summed E-state index contributed by atoms with van der Waals surface area (Å²) in [5, 5.41) is 8.95. The van der Waals surface area contributed by atoms with Crippen LogP contribution in [-0.4, -0.2) is 22.5 Å². The number of benzene rings is 1. The SMILES string of the molecule is N#Cc1cc(OC(F)(F)F)ccc1/N=C/c1cnccn1. The minimum Gasteiger partial charge on any atom is -0.406 e. The number of nitrogens with zero attached hydrogens (tertiary/aromatic N) is 4. The summed E-state index contributed by atoms with van der Waals surface area (Å²) in [5.74, 6) is -0.475. The fourth-order valence-corrected chi connectivity index (χ4v) is 1.43. The van der Waals surface area contributed by atoms with Crippen LogP contribution >= 0.6 is 0 Å². The van der Waals surface area contributed by atoms with Crippen LogP contribution in [0, 0.1) is 11.3 Å². The number of rotatable bonds is 3. The van der Waals surface area contributed by atoms with Crippen LogP contribution in [0.1, 0.15) is 11.3 Å². The first-order valence-electron chi connectivity index (χ1n) is 5.58. The standard InChI is InChI=1S/C13H7F3N4O/c14-13(15,16)21-11-1-2-12(9(5-11)6-17)20-8-10-7-18-3-4-19-10/h1-5,7-8H/b20-8+. The topological polar surface area (TPSA) is 71.2 Å². The number of nitriles is 1. The first kappa shape index (κ1) is 14.5. The summed E-state index contributed by atoms with van der Waals surface area (Å²) in [4.78, 5) is 11.8. The number of halogens is 3. The highest BCUT2D eigenvalue weighted by atomic mass is 19.4. The van der Waals surface area contributed by atoms with E-state index in [1.165, 1.54) is 30.9 Å². The van der Waals surface area contributed by atoms with Gasteiger partial charge in [-0.1, -0.05) is 0 Å². The van der Waals surface area contributed by atoms with Crippen molar-refractivity contribution in [3.63, 3.8) is 0 Å². The minimum absolute atomic E-state index is 0.0445. The molecule has 8 heteroatoms. The van der Waals surface area contributed by atoms with Crippen molar-refractivity contribution in [2.24, 2.45) is 4.99 Å². The number of aliphatic imine (C=N–C) groups is 1. The zero-order valence-electron chi connectivity index (χ0n) is 10.4. The monoisotopic (exact) mass is 292 g/mol. The maximum absolute atomic E-state index is 12.1. The Labute approximate surface area is 117 Å². The summed E-state index contributed by atoms with van der Waals surface area (Å²) in [6.07, 6.45) is 0.954. The molecular formula is C13H7F3N4O. The molecule has 0 bridgehead atoms. The van der Waals surface area contributed by atoms with Gasteiger partial charge in [-0.15, -0.1) is 13.2 Å². The Morgan fingerprint density at radius 2 is 2.10 bits per heavy atom. The van der Waals surface area contributed by atoms with E-state index in [-0.39, 0.29) is 11.3 Å². The first-order chi connectivity index (χ1) is 9.98. The lowest BCUT2D eigenvalue weighted by Gasteiger charge is -2.09. The molecule has 1 aromatic heterocycles. The average molecular weight is 292 g/mol. The van der Waals surface area contributed by atoms with Gasteiger partial charge in [0.25, 0.3) is 0 Å². The summed E-state index contributed by atoms with van der Waals surface area (Å²) in [7, 11) is 0. The van der Waals surface area contributed by atoms with Crippen molar-refractivity contribution in [2.75, 3.05) is 0 Å². The summed E-state index contributed by atoms with van der Waals surface area (Å²) >= 11 is 0. The van der Waals surface area contributed by atoms with Crippen LogP contribution in [0.5, 0.6) is 5.75 Å². The normalized spacial score (nSPS) is 11.3. The first-order valence-corrected chi connectivity index (χ1v) is 5.58. The minimum atomic E-state index is -4.81. The van der Waals surface area contributed by atoms with Gasteiger partial charge in [-0.05, 0) is 12.1 Å². The Kier molecular flexibility index (Phi) is 4.13. The molecule has 0 aliphatic heterocycles. The molecule has 0 saturated carbocycles. The predicted octanol–water partition coefficient (Wildman–Crippen LogP) is 3.00. The zero-order chi connectivity index (χ0) is 15.3. The quantitative estimate of drug-likeness (QED) is 0.815. The molecule has 0 atom stereocenters.